The van der Waals surface area contributed by atoms with Gasteiger partial charge in [-0.15, -0.1) is 0 Å². The number of hydrogen-bond acceptors (Lipinski definition) is 5. The second-order valence-corrected chi connectivity index (χ2v) is 5.68. The molecule has 18 heavy (non-hydrogen) atoms. The second kappa shape index (κ2) is 5.26. The summed E-state index contributed by atoms with van der Waals surface area (Å²) in [5, 5.41) is 7.52. The minimum atomic E-state index is -0.0623. The van der Waals surface area contributed by atoms with Crippen LogP contribution in [0.4, 0.5) is 5.95 Å². The highest BCUT2D eigenvalue weighted by molar-refractivity contribution is 5.26. The Hall–Kier alpha value is -1.10. The second-order valence-electron chi connectivity index (χ2n) is 5.68. The fourth-order valence-corrected chi connectivity index (χ4v) is 2.42. The minimum Gasteiger partial charge on any atom is -0.342 e. The smallest absolute Gasteiger partial charge is 0.265 e. The molecule has 5 nitrogen and oxygen atoms in total. The lowest BCUT2D eigenvalue weighted by molar-refractivity contribution is 0.196. The van der Waals surface area contributed by atoms with Crippen molar-refractivity contribution in [1.82, 2.24) is 15.5 Å². The van der Waals surface area contributed by atoms with Gasteiger partial charge in [0.05, 0.1) is 0 Å². The molecule has 1 fully saturated rings. The molecule has 0 saturated carbocycles. The third-order valence-corrected chi connectivity index (χ3v) is 4.10. The van der Waals surface area contributed by atoms with Crippen LogP contribution in [-0.2, 0) is 5.41 Å². The Kier molecular flexibility index (Phi) is 3.90. The highest BCUT2D eigenvalue weighted by atomic mass is 16.5. The monoisotopic (exact) mass is 252 g/mol. The summed E-state index contributed by atoms with van der Waals surface area (Å²) in [6.45, 7) is 9.52. The number of aromatic nitrogens is 2. The summed E-state index contributed by atoms with van der Waals surface area (Å²) in [5.41, 5.74) is -0.0623. The molecule has 1 aliphatic heterocycles. The van der Waals surface area contributed by atoms with Gasteiger partial charge >= 0.3 is 0 Å². The summed E-state index contributed by atoms with van der Waals surface area (Å²) >= 11 is 0. The molecule has 0 aliphatic carbocycles. The number of rotatable bonds is 4. The van der Waals surface area contributed by atoms with E-state index in [0.29, 0.717) is 11.9 Å². The number of piperidine rings is 1. The van der Waals surface area contributed by atoms with E-state index in [2.05, 4.69) is 36.2 Å². The zero-order chi connectivity index (χ0) is 13.2. The Morgan fingerprint density at radius 1 is 1.50 bits per heavy atom. The largest absolute Gasteiger partial charge is 0.342 e. The van der Waals surface area contributed by atoms with Gasteiger partial charge in [-0.2, -0.15) is 4.98 Å². The van der Waals surface area contributed by atoms with Crippen LogP contribution >= 0.6 is 0 Å². The molecular weight excluding hydrogens is 228 g/mol. The Morgan fingerprint density at radius 2 is 2.28 bits per heavy atom. The predicted octanol–water partition coefficient (Wildman–Crippen LogP) is 1.80. The highest BCUT2D eigenvalue weighted by Gasteiger charge is 2.37. The van der Waals surface area contributed by atoms with Crippen LogP contribution in [0.15, 0.2) is 4.52 Å². The van der Waals surface area contributed by atoms with Crippen LogP contribution in [-0.4, -0.2) is 36.8 Å². The molecule has 5 heteroatoms. The molecule has 1 N–H and O–H groups in total. The van der Waals surface area contributed by atoms with Gasteiger partial charge in [-0.05, 0) is 43.9 Å². The van der Waals surface area contributed by atoms with Crippen molar-refractivity contribution in [2.24, 2.45) is 5.92 Å². The summed E-state index contributed by atoms with van der Waals surface area (Å²) < 4.78 is 5.48. The van der Waals surface area contributed by atoms with E-state index in [4.69, 9.17) is 4.52 Å². The standard InChI is InChI=1S/C13H24N4O/c1-5-17(4)12-15-11(18-16-12)13(2,3)10-7-6-8-14-9-10/h10,14H,5-9H2,1-4H3. The van der Waals surface area contributed by atoms with Crippen LogP contribution in [0, 0.1) is 5.92 Å². The maximum absolute atomic E-state index is 5.48. The molecule has 1 aromatic heterocycles. The molecule has 2 rings (SSSR count). The molecule has 1 aromatic rings. The van der Waals surface area contributed by atoms with Crippen molar-refractivity contribution >= 4 is 5.95 Å². The first-order chi connectivity index (χ1) is 8.55. The molecule has 0 aromatic carbocycles. The van der Waals surface area contributed by atoms with Crippen LogP contribution < -0.4 is 10.2 Å². The van der Waals surface area contributed by atoms with Crippen molar-refractivity contribution in [3.8, 4) is 0 Å². The maximum Gasteiger partial charge on any atom is 0.265 e. The van der Waals surface area contributed by atoms with Crippen molar-refractivity contribution < 1.29 is 4.52 Å². The highest BCUT2D eigenvalue weighted by Crippen LogP contribution is 2.35. The lowest BCUT2D eigenvalue weighted by Crippen LogP contribution is -2.41. The van der Waals surface area contributed by atoms with Crippen molar-refractivity contribution in [2.45, 2.75) is 39.0 Å². The van der Waals surface area contributed by atoms with Gasteiger partial charge in [-0.1, -0.05) is 13.8 Å². The van der Waals surface area contributed by atoms with Crippen molar-refractivity contribution in [3.05, 3.63) is 5.89 Å². The number of nitrogens with one attached hydrogen (secondary N) is 1. The van der Waals surface area contributed by atoms with Crippen molar-refractivity contribution in [1.29, 1.82) is 0 Å². The summed E-state index contributed by atoms with van der Waals surface area (Å²) in [4.78, 5) is 6.54. The maximum atomic E-state index is 5.48. The lowest BCUT2D eigenvalue weighted by Gasteiger charge is -2.34. The van der Waals surface area contributed by atoms with Crippen LogP contribution in [0.1, 0.15) is 39.5 Å². The molecule has 0 spiro atoms. The van der Waals surface area contributed by atoms with E-state index in [1.54, 1.807) is 0 Å². The number of anilines is 1. The van der Waals surface area contributed by atoms with Crippen molar-refractivity contribution in [2.75, 3.05) is 31.6 Å². The normalized spacial score (nSPS) is 21.0. The first kappa shape index (κ1) is 13.3. The van der Waals surface area contributed by atoms with Gasteiger partial charge in [-0.25, -0.2) is 0 Å². The van der Waals surface area contributed by atoms with Gasteiger partial charge < -0.3 is 14.7 Å². The van der Waals surface area contributed by atoms with Gasteiger partial charge in [0, 0.05) is 19.0 Å². The Labute approximate surface area is 109 Å². The van der Waals surface area contributed by atoms with Gasteiger partial charge in [0.15, 0.2) is 0 Å². The Morgan fingerprint density at radius 3 is 2.89 bits per heavy atom. The number of nitrogens with zero attached hydrogens (tertiary/aromatic N) is 3. The third-order valence-electron chi connectivity index (χ3n) is 4.10. The summed E-state index contributed by atoms with van der Waals surface area (Å²) in [7, 11) is 1.98. The van der Waals surface area contributed by atoms with Crippen molar-refractivity contribution in [3.63, 3.8) is 0 Å². The minimum absolute atomic E-state index is 0.0623. The molecule has 1 atom stereocenters. The van der Waals surface area contributed by atoms with E-state index in [9.17, 15) is 0 Å². The molecular formula is C13H24N4O. The average molecular weight is 252 g/mol. The van der Waals surface area contributed by atoms with Crippen LogP contribution in [0.25, 0.3) is 0 Å². The molecule has 0 amide bonds. The molecule has 2 heterocycles. The van der Waals surface area contributed by atoms with Crippen LogP contribution in [0.3, 0.4) is 0 Å². The molecule has 102 valence electrons. The van der Waals surface area contributed by atoms with E-state index in [1.165, 1.54) is 12.8 Å². The van der Waals surface area contributed by atoms with E-state index < -0.39 is 0 Å². The molecule has 1 unspecified atom stereocenters. The van der Waals surface area contributed by atoms with E-state index >= 15 is 0 Å². The molecule has 0 radical (unpaired) electrons. The Balaban J connectivity index is 2.15. The zero-order valence-electron chi connectivity index (χ0n) is 11.9. The summed E-state index contributed by atoms with van der Waals surface area (Å²) in [5.74, 6) is 2.00. The van der Waals surface area contributed by atoms with Crippen LogP contribution in [0.2, 0.25) is 0 Å². The summed E-state index contributed by atoms with van der Waals surface area (Å²) in [6, 6.07) is 0. The predicted molar refractivity (Wildman–Crippen MR) is 71.9 cm³/mol. The molecule has 0 bridgehead atoms. The SMILES string of the molecule is CCN(C)c1noc(C(C)(C)C2CCCNC2)n1. The van der Waals surface area contributed by atoms with Crippen LogP contribution in [0.5, 0.6) is 0 Å². The van der Waals surface area contributed by atoms with Gasteiger partial charge in [-0.3, -0.25) is 0 Å². The Bertz CT molecular complexity index is 382. The fourth-order valence-electron chi connectivity index (χ4n) is 2.42. The third kappa shape index (κ3) is 2.51. The average Bonchev–Trinajstić information content (AvgIpc) is 2.89. The first-order valence-electron chi connectivity index (χ1n) is 6.81. The first-order valence-corrected chi connectivity index (χ1v) is 6.81. The fraction of sp³-hybridized carbons (Fsp3) is 0.846. The molecule has 1 saturated heterocycles. The van der Waals surface area contributed by atoms with E-state index in [0.717, 1.165) is 25.5 Å². The van der Waals surface area contributed by atoms with E-state index in [1.807, 2.05) is 11.9 Å². The zero-order valence-corrected chi connectivity index (χ0v) is 11.9. The lowest BCUT2D eigenvalue weighted by atomic mass is 9.75. The van der Waals surface area contributed by atoms with Gasteiger partial charge in [0.2, 0.25) is 5.89 Å². The van der Waals surface area contributed by atoms with Gasteiger partial charge in [0.25, 0.3) is 5.95 Å². The summed E-state index contributed by atoms with van der Waals surface area (Å²) in [6.07, 6.45) is 2.45. The molecule has 1 aliphatic rings. The quantitative estimate of drug-likeness (QED) is 0.885. The van der Waals surface area contributed by atoms with Gasteiger partial charge in [0.1, 0.15) is 0 Å². The topological polar surface area (TPSA) is 54.2 Å². The number of hydrogen-bond donors (Lipinski definition) is 1. The van der Waals surface area contributed by atoms with E-state index in [-0.39, 0.29) is 5.41 Å².